The second-order valence-corrected chi connectivity index (χ2v) is 3.57. The molecule has 0 atom stereocenters. The Morgan fingerprint density at radius 1 is 1.00 bits per heavy atom. The van der Waals surface area contributed by atoms with Gasteiger partial charge in [-0.25, -0.2) is 9.59 Å². The second-order valence-electron chi connectivity index (χ2n) is 3.57. The maximum absolute atomic E-state index is 11.4. The Bertz CT molecular complexity index is 442. The standard InChI is InChI=1S/C12H10O4.C2H6/c1-8-10(13)15-12(2,16-11(8)14)9-6-4-3-5-7-9;1-2/h3-7H,1H2,2H3;1-2H3. The number of carbonyl (C=O) groups is 2. The first-order valence-electron chi connectivity index (χ1n) is 5.74. The highest BCUT2D eigenvalue weighted by Crippen LogP contribution is 2.32. The van der Waals surface area contributed by atoms with Gasteiger partial charge in [0.1, 0.15) is 5.57 Å². The van der Waals surface area contributed by atoms with Gasteiger partial charge in [-0.05, 0) is 0 Å². The predicted octanol–water partition coefficient (Wildman–Crippen LogP) is 2.54. The van der Waals surface area contributed by atoms with Crippen molar-refractivity contribution in [2.24, 2.45) is 0 Å². The van der Waals surface area contributed by atoms with Crippen LogP contribution < -0.4 is 0 Å². The summed E-state index contributed by atoms with van der Waals surface area (Å²) >= 11 is 0. The summed E-state index contributed by atoms with van der Waals surface area (Å²) in [6.45, 7) is 8.80. The first-order valence-corrected chi connectivity index (χ1v) is 5.74. The van der Waals surface area contributed by atoms with Gasteiger partial charge in [0.2, 0.25) is 0 Å². The van der Waals surface area contributed by atoms with E-state index in [4.69, 9.17) is 9.47 Å². The largest absolute Gasteiger partial charge is 0.414 e. The Hall–Kier alpha value is -2.10. The number of benzene rings is 1. The number of ether oxygens (including phenoxy) is 2. The number of esters is 2. The Balaban J connectivity index is 0.000000771. The van der Waals surface area contributed by atoms with Crippen molar-refractivity contribution < 1.29 is 19.1 Å². The average molecular weight is 248 g/mol. The fraction of sp³-hybridized carbons (Fsp3) is 0.286. The van der Waals surface area contributed by atoms with E-state index in [2.05, 4.69) is 6.58 Å². The monoisotopic (exact) mass is 248 g/mol. The van der Waals surface area contributed by atoms with Crippen LogP contribution >= 0.6 is 0 Å². The number of hydrogen-bond donors (Lipinski definition) is 0. The zero-order valence-electron chi connectivity index (χ0n) is 10.7. The Labute approximate surface area is 106 Å². The molecule has 1 heterocycles. The van der Waals surface area contributed by atoms with E-state index in [1.54, 1.807) is 24.3 Å². The lowest BCUT2D eigenvalue weighted by molar-refractivity contribution is -0.233. The van der Waals surface area contributed by atoms with Crippen LogP contribution in [-0.4, -0.2) is 11.9 Å². The minimum Gasteiger partial charge on any atom is -0.414 e. The highest BCUT2D eigenvalue weighted by Gasteiger charge is 2.42. The number of cyclic esters (lactones) is 2. The quantitative estimate of drug-likeness (QED) is 0.435. The van der Waals surface area contributed by atoms with E-state index in [9.17, 15) is 9.59 Å². The molecule has 0 amide bonds. The molecule has 1 aromatic rings. The molecule has 1 aromatic carbocycles. The van der Waals surface area contributed by atoms with E-state index >= 15 is 0 Å². The number of hydrogen-bond acceptors (Lipinski definition) is 4. The van der Waals surface area contributed by atoms with E-state index in [-0.39, 0.29) is 5.57 Å². The van der Waals surface area contributed by atoms with Gasteiger partial charge in [-0.2, -0.15) is 0 Å². The van der Waals surface area contributed by atoms with Crippen LogP contribution in [0, 0.1) is 0 Å². The molecule has 4 nitrogen and oxygen atoms in total. The van der Waals surface area contributed by atoms with Gasteiger partial charge in [-0.15, -0.1) is 0 Å². The van der Waals surface area contributed by atoms with Gasteiger partial charge in [0.05, 0.1) is 0 Å². The lowest BCUT2D eigenvalue weighted by Gasteiger charge is -2.33. The van der Waals surface area contributed by atoms with Crippen LogP contribution in [0.5, 0.6) is 0 Å². The van der Waals surface area contributed by atoms with E-state index < -0.39 is 17.7 Å². The first-order chi connectivity index (χ1) is 8.53. The Morgan fingerprint density at radius 2 is 1.44 bits per heavy atom. The van der Waals surface area contributed by atoms with Crippen molar-refractivity contribution in [3.8, 4) is 0 Å². The van der Waals surface area contributed by atoms with Crippen molar-refractivity contribution in [3.05, 3.63) is 48.0 Å². The summed E-state index contributed by atoms with van der Waals surface area (Å²) in [5.74, 6) is -2.86. The van der Waals surface area contributed by atoms with Crippen LogP contribution in [0.3, 0.4) is 0 Å². The van der Waals surface area contributed by atoms with Gasteiger partial charge in [0.15, 0.2) is 0 Å². The van der Waals surface area contributed by atoms with Gasteiger partial charge < -0.3 is 9.47 Å². The van der Waals surface area contributed by atoms with Gasteiger partial charge in [-0.3, -0.25) is 0 Å². The van der Waals surface area contributed by atoms with Gasteiger partial charge in [-0.1, -0.05) is 50.8 Å². The summed E-state index contributed by atoms with van der Waals surface area (Å²) in [5.41, 5.74) is 0.317. The minimum atomic E-state index is -1.36. The third-order valence-electron chi connectivity index (χ3n) is 2.37. The van der Waals surface area contributed by atoms with Gasteiger partial charge in [0, 0.05) is 12.5 Å². The smallest absolute Gasteiger partial charge is 0.348 e. The van der Waals surface area contributed by atoms with E-state index in [1.807, 2.05) is 19.9 Å². The van der Waals surface area contributed by atoms with Crippen LogP contribution in [0.25, 0.3) is 0 Å². The molecule has 0 spiro atoms. The SMILES string of the molecule is C=C1C(=O)OC(C)(c2ccccc2)OC1=O.CC. The third-order valence-corrected chi connectivity index (χ3v) is 2.37. The summed E-state index contributed by atoms with van der Waals surface area (Å²) in [5, 5.41) is 0. The molecule has 1 aliphatic heterocycles. The van der Waals surface area contributed by atoms with Crippen molar-refractivity contribution in [2.75, 3.05) is 0 Å². The minimum absolute atomic E-state index is 0.284. The van der Waals surface area contributed by atoms with Crippen molar-refractivity contribution in [3.63, 3.8) is 0 Å². The molecule has 0 aliphatic carbocycles. The Kier molecular flexibility index (Phi) is 4.26. The molecule has 0 radical (unpaired) electrons. The first kappa shape index (κ1) is 14.0. The zero-order valence-corrected chi connectivity index (χ0v) is 10.7. The number of rotatable bonds is 1. The van der Waals surface area contributed by atoms with Crippen LogP contribution in [0.2, 0.25) is 0 Å². The van der Waals surface area contributed by atoms with Gasteiger partial charge >= 0.3 is 11.9 Å². The van der Waals surface area contributed by atoms with Crippen LogP contribution in [0.15, 0.2) is 42.5 Å². The lowest BCUT2D eigenvalue weighted by atomic mass is 10.1. The summed E-state index contributed by atoms with van der Waals surface area (Å²) in [4.78, 5) is 22.7. The molecule has 0 N–H and O–H groups in total. The molecule has 0 aromatic heterocycles. The summed E-state index contributed by atoms with van der Waals surface area (Å²) in [6.07, 6.45) is 0. The average Bonchev–Trinajstić information content (AvgIpc) is 2.39. The second kappa shape index (κ2) is 5.49. The normalized spacial score (nSPS) is 17.2. The molecule has 0 saturated carbocycles. The summed E-state index contributed by atoms with van der Waals surface area (Å²) < 4.78 is 10.1. The predicted molar refractivity (Wildman–Crippen MR) is 66.5 cm³/mol. The van der Waals surface area contributed by atoms with Crippen molar-refractivity contribution >= 4 is 11.9 Å². The zero-order chi connectivity index (χ0) is 13.8. The summed E-state index contributed by atoms with van der Waals surface area (Å²) in [7, 11) is 0. The molecular weight excluding hydrogens is 232 g/mol. The molecule has 2 rings (SSSR count). The molecule has 1 fully saturated rings. The van der Waals surface area contributed by atoms with Crippen LogP contribution in [0.4, 0.5) is 0 Å². The van der Waals surface area contributed by atoms with E-state index in [0.717, 1.165) is 0 Å². The topological polar surface area (TPSA) is 52.6 Å². The maximum Gasteiger partial charge on any atom is 0.348 e. The maximum atomic E-state index is 11.4. The summed E-state index contributed by atoms with van der Waals surface area (Å²) in [6, 6.07) is 8.79. The van der Waals surface area contributed by atoms with Crippen molar-refractivity contribution in [2.45, 2.75) is 26.6 Å². The van der Waals surface area contributed by atoms with E-state index in [1.165, 1.54) is 6.92 Å². The molecule has 4 heteroatoms. The molecule has 18 heavy (non-hydrogen) atoms. The fourth-order valence-corrected chi connectivity index (χ4v) is 1.44. The molecule has 0 unspecified atom stereocenters. The van der Waals surface area contributed by atoms with E-state index in [0.29, 0.717) is 5.56 Å². The highest BCUT2D eigenvalue weighted by molar-refractivity contribution is 6.14. The van der Waals surface area contributed by atoms with Gasteiger partial charge in [0.25, 0.3) is 5.79 Å². The molecular formula is C14H16O4. The highest BCUT2D eigenvalue weighted by atomic mass is 16.7. The third kappa shape index (κ3) is 2.59. The Morgan fingerprint density at radius 3 is 1.89 bits per heavy atom. The van der Waals surface area contributed by atoms with Crippen LogP contribution in [0.1, 0.15) is 26.3 Å². The fourth-order valence-electron chi connectivity index (χ4n) is 1.44. The molecule has 1 aliphatic rings. The molecule has 0 bridgehead atoms. The molecule has 1 saturated heterocycles. The van der Waals surface area contributed by atoms with Crippen LogP contribution in [-0.2, 0) is 24.8 Å². The number of carbonyl (C=O) groups excluding carboxylic acids is 2. The van der Waals surface area contributed by atoms with Crippen molar-refractivity contribution in [1.29, 1.82) is 0 Å². The van der Waals surface area contributed by atoms with Crippen molar-refractivity contribution in [1.82, 2.24) is 0 Å². The lowest BCUT2D eigenvalue weighted by Crippen LogP contribution is -2.41. The molecule has 96 valence electrons.